The first-order valence-electron chi connectivity index (χ1n) is 3.93. The second-order valence-electron chi connectivity index (χ2n) is 2.82. The summed E-state index contributed by atoms with van der Waals surface area (Å²) in [7, 11) is 0. The minimum Gasteiger partial charge on any atom is -0.447 e. The van der Waals surface area contributed by atoms with Gasteiger partial charge in [-0.25, -0.2) is 4.98 Å². The summed E-state index contributed by atoms with van der Waals surface area (Å²) in [5.41, 5.74) is 6.55. The summed E-state index contributed by atoms with van der Waals surface area (Å²) in [6.07, 6.45) is 5.00. The number of nitrogens with two attached hydrogens (primary N) is 1. The van der Waals surface area contributed by atoms with Crippen LogP contribution in [-0.4, -0.2) is 14.8 Å². The Kier molecular flexibility index (Phi) is 1.77. The van der Waals surface area contributed by atoms with E-state index in [1.807, 2.05) is 13.1 Å². The van der Waals surface area contributed by atoms with E-state index in [9.17, 15) is 0 Å². The minimum absolute atomic E-state index is 0.519. The van der Waals surface area contributed by atoms with Gasteiger partial charge in [-0.15, -0.1) is 0 Å². The molecule has 2 N–H and O–H groups in total. The van der Waals surface area contributed by atoms with Crippen molar-refractivity contribution in [3.63, 3.8) is 0 Å². The van der Waals surface area contributed by atoms with Crippen LogP contribution in [0, 0.1) is 6.92 Å². The SMILES string of the molecule is Cc1cn(Cc2ncco2)nc1N. The molecule has 0 aliphatic carbocycles. The first-order chi connectivity index (χ1) is 6.25. The predicted molar refractivity (Wildman–Crippen MR) is 47.0 cm³/mol. The Balaban J connectivity index is 2.19. The number of aryl methyl sites for hydroxylation is 1. The standard InChI is InChI=1S/C8H10N4O/c1-6-4-12(11-8(6)9)5-7-10-2-3-13-7/h2-4H,5H2,1H3,(H2,9,11). The Labute approximate surface area is 75.2 Å². The topological polar surface area (TPSA) is 69.9 Å². The van der Waals surface area contributed by atoms with Crippen LogP contribution < -0.4 is 5.73 Å². The molecule has 0 fully saturated rings. The summed E-state index contributed by atoms with van der Waals surface area (Å²) in [5.74, 6) is 1.18. The smallest absolute Gasteiger partial charge is 0.215 e. The monoisotopic (exact) mass is 178 g/mol. The van der Waals surface area contributed by atoms with Crippen LogP contribution >= 0.6 is 0 Å². The molecule has 2 aromatic heterocycles. The van der Waals surface area contributed by atoms with Crippen LogP contribution in [0.4, 0.5) is 5.82 Å². The van der Waals surface area contributed by atoms with Gasteiger partial charge in [-0.05, 0) is 6.92 Å². The molecular weight excluding hydrogens is 168 g/mol. The lowest BCUT2D eigenvalue weighted by Gasteiger charge is -1.94. The Morgan fingerprint density at radius 1 is 1.62 bits per heavy atom. The second kappa shape index (κ2) is 2.93. The third kappa shape index (κ3) is 1.53. The fraction of sp³-hybridized carbons (Fsp3) is 0.250. The third-order valence-corrected chi connectivity index (χ3v) is 1.76. The molecule has 2 rings (SSSR count). The normalized spacial score (nSPS) is 10.5. The average Bonchev–Trinajstić information content (AvgIpc) is 2.64. The molecule has 13 heavy (non-hydrogen) atoms. The first kappa shape index (κ1) is 7.85. The van der Waals surface area contributed by atoms with E-state index in [0.29, 0.717) is 18.3 Å². The number of rotatable bonds is 2. The molecule has 0 amide bonds. The van der Waals surface area contributed by atoms with Crippen molar-refractivity contribution < 1.29 is 4.42 Å². The zero-order valence-electron chi connectivity index (χ0n) is 7.27. The maximum absolute atomic E-state index is 5.59. The van der Waals surface area contributed by atoms with E-state index in [1.54, 1.807) is 10.9 Å². The van der Waals surface area contributed by atoms with Gasteiger partial charge in [0.2, 0.25) is 5.89 Å². The number of nitrogen functional groups attached to an aromatic ring is 1. The van der Waals surface area contributed by atoms with Crippen molar-refractivity contribution in [3.8, 4) is 0 Å². The van der Waals surface area contributed by atoms with E-state index in [-0.39, 0.29) is 0 Å². The lowest BCUT2D eigenvalue weighted by molar-refractivity contribution is 0.465. The van der Waals surface area contributed by atoms with Crippen molar-refractivity contribution in [2.75, 3.05) is 5.73 Å². The number of hydrogen-bond acceptors (Lipinski definition) is 4. The number of nitrogens with zero attached hydrogens (tertiary/aromatic N) is 3. The van der Waals surface area contributed by atoms with Gasteiger partial charge in [0, 0.05) is 11.8 Å². The van der Waals surface area contributed by atoms with E-state index in [0.717, 1.165) is 5.56 Å². The number of aromatic nitrogens is 3. The van der Waals surface area contributed by atoms with Crippen molar-refractivity contribution in [1.82, 2.24) is 14.8 Å². The molecule has 0 aliphatic rings. The summed E-state index contributed by atoms with van der Waals surface area (Å²) >= 11 is 0. The van der Waals surface area contributed by atoms with Gasteiger partial charge in [0.1, 0.15) is 18.6 Å². The van der Waals surface area contributed by atoms with Crippen LogP contribution in [0.5, 0.6) is 0 Å². The molecule has 0 atom stereocenters. The fourth-order valence-corrected chi connectivity index (χ4v) is 1.09. The highest BCUT2D eigenvalue weighted by atomic mass is 16.3. The van der Waals surface area contributed by atoms with Crippen molar-refractivity contribution in [1.29, 1.82) is 0 Å². The highest BCUT2D eigenvalue weighted by molar-refractivity contribution is 5.35. The number of anilines is 1. The summed E-state index contributed by atoms with van der Waals surface area (Å²) in [4.78, 5) is 3.98. The van der Waals surface area contributed by atoms with Gasteiger partial charge in [0.25, 0.3) is 0 Å². The Bertz CT molecular complexity index is 371. The molecule has 0 unspecified atom stereocenters. The van der Waals surface area contributed by atoms with Gasteiger partial charge in [-0.3, -0.25) is 4.68 Å². The largest absolute Gasteiger partial charge is 0.447 e. The molecule has 0 radical (unpaired) electrons. The predicted octanol–water partition coefficient (Wildman–Crippen LogP) is 0.810. The van der Waals surface area contributed by atoms with E-state index in [4.69, 9.17) is 10.2 Å². The van der Waals surface area contributed by atoms with Gasteiger partial charge >= 0.3 is 0 Å². The van der Waals surface area contributed by atoms with Gasteiger partial charge < -0.3 is 10.2 Å². The van der Waals surface area contributed by atoms with Crippen LogP contribution in [0.25, 0.3) is 0 Å². The summed E-state index contributed by atoms with van der Waals surface area (Å²) in [5, 5.41) is 4.08. The third-order valence-electron chi connectivity index (χ3n) is 1.76. The Morgan fingerprint density at radius 2 is 2.46 bits per heavy atom. The van der Waals surface area contributed by atoms with Crippen molar-refractivity contribution >= 4 is 5.82 Å². The molecule has 0 bridgehead atoms. The zero-order valence-corrected chi connectivity index (χ0v) is 7.27. The van der Waals surface area contributed by atoms with Crippen molar-refractivity contribution in [2.45, 2.75) is 13.5 Å². The van der Waals surface area contributed by atoms with Gasteiger partial charge in [0.05, 0.1) is 6.20 Å². The fourth-order valence-electron chi connectivity index (χ4n) is 1.09. The van der Waals surface area contributed by atoms with Crippen LogP contribution in [0.2, 0.25) is 0 Å². The lowest BCUT2D eigenvalue weighted by atomic mass is 10.4. The molecule has 0 aromatic carbocycles. The minimum atomic E-state index is 0.519. The summed E-state index contributed by atoms with van der Waals surface area (Å²) in [6.45, 7) is 2.43. The first-order valence-corrected chi connectivity index (χ1v) is 3.93. The molecule has 0 saturated carbocycles. The quantitative estimate of drug-likeness (QED) is 0.738. The Morgan fingerprint density at radius 3 is 3.00 bits per heavy atom. The molecule has 2 heterocycles. The second-order valence-corrected chi connectivity index (χ2v) is 2.82. The molecule has 0 saturated heterocycles. The number of oxazole rings is 1. The summed E-state index contributed by atoms with van der Waals surface area (Å²) < 4.78 is 6.78. The molecule has 68 valence electrons. The van der Waals surface area contributed by atoms with Crippen LogP contribution in [0.1, 0.15) is 11.5 Å². The average molecular weight is 178 g/mol. The van der Waals surface area contributed by atoms with Crippen LogP contribution in [0.15, 0.2) is 23.1 Å². The zero-order chi connectivity index (χ0) is 9.26. The van der Waals surface area contributed by atoms with E-state index in [1.165, 1.54) is 6.26 Å². The molecular formula is C8H10N4O. The van der Waals surface area contributed by atoms with E-state index < -0.39 is 0 Å². The van der Waals surface area contributed by atoms with E-state index in [2.05, 4.69) is 10.1 Å². The lowest BCUT2D eigenvalue weighted by Crippen LogP contribution is -2.00. The molecule has 2 aromatic rings. The van der Waals surface area contributed by atoms with Crippen LogP contribution in [0.3, 0.4) is 0 Å². The van der Waals surface area contributed by atoms with Crippen molar-refractivity contribution in [2.24, 2.45) is 0 Å². The van der Waals surface area contributed by atoms with Gasteiger partial charge in [-0.1, -0.05) is 0 Å². The maximum Gasteiger partial charge on any atom is 0.215 e. The van der Waals surface area contributed by atoms with Crippen molar-refractivity contribution in [3.05, 3.63) is 30.1 Å². The molecule has 5 heteroatoms. The molecule has 0 aliphatic heterocycles. The van der Waals surface area contributed by atoms with Crippen LogP contribution in [-0.2, 0) is 6.54 Å². The molecule has 5 nitrogen and oxygen atoms in total. The Hall–Kier alpha value is -1.78. The highest BCUT2D eigenvalue weighted by Crippen LogP contribution is 2.07. The molecule has 0 spiro atoms. The number of hydrogen-bond donors (Lipinski definition) is 1. The maximum atomic E-state index is 5.59. The van der Waals surface area contributed by atoms with E-state index >= 15 is 0 Å². The van der Waals surface area contributed by atoms with Gasteiger partial charge in [0.15, 0.2) is 0 Å². The highest BCUT2D eigenvalue weighted by Gasteiger charge is 2.03. The summed E-state index contributed by atoms with van der Waals surface area (Å²) in [6, 6.07) is 0. The van der Waals surface area contributed by atoms with Gasteiger partial charge in [-0.2, -0.15) is 5.10 Å².